The third kappa shape index (κ3) is 12.6. The van der Waals surface area contributed by atoms with Crippen LogP contribution in [0.2, 0.25) is 0 Å². The summed E-state index contributed by atoms with van der Waals surface area (Å²) < 4.78 is 0. The topological polar surface area (TPSA) is 42.9 Å². The molecule has 0 atom stereocenters. The van der Waals surface area contributed by atoms with Gasteiger partial charge in [-0.3, -0.25) is 4.99 Å². The summed E-state index contributed by atoms with van der Waals surface area (Å²) in [5, 5.41) is 6.78. The molecule has 7 heteroatoms. The number of guanidine groups is 1. The van der Waals surface area contributed by atoms with E-state index in [0.29, 0.717) is 0 Å². The van der Waals surface area contributed by atoms with Crippen molar-refractivity contribution in [2.45, 2.75) is 32.6 Å². The van der Waals surface area contributed by atoms with Crippen molar-refractivity contribution in [2.75, 3.05) is 71.4 Å². The third-order valence-corrected chi connectivity index (χ3v) is 4.82. The molecule has 0 radical (unpaired) electrons. The SMILES string of the molecule is CCNC(=NCCCN1CCCN(C)CC1)NCCCCSC.I. The average Bonchev–Trinajstić information content (AvgIpc) is 2.75. The molecule has 1 saturated heterocycles. The Bertz CT molecular complexity index is 317. The number of likely N-dealkylation sites (N-methyl/N-ethyl adjacent to an activating group) is 1. The van der Waals surface area contributed by atoms with Crippen LogP contribution in [-0.2, 0) is 0 Å². The summed E-state index contributed by atoms with van der Waals surface area (Å²) in [6.45, 7) is 11.0. The predicted molar refractivity (Wildman–Crippen MR) is 120 cm³/mol. The normalized spacial score (nSPS) is 17.2. The second-order valence-electron chi connectivity index (χ2n) is 6.24. The van der Waals surface area contributed by atoms with Gasteiger partial charge < -0.3 is 20.4 Å². The van der Waals surface area contributed by atoms with Crippen molar-refractivity contribution in [3.8, 4) is 0 Å². The lowest BCUT2D eigenvalue weighted by Gasteiger charge is -2.19. The molecule has 2 N–H and O–H groups in total. The van der Waals surface area contributed by atoms with Crippen molar-refractivity contribution in [3.63, 3.8) is 0 Å². The number of nitrogens with one attached hydrogen (secondary N) is 2. The molecule has 5 nitrogen and oxygen atoms in total. The summed E-state index contributed by atoms with van der Waals surface area (Å²) in [5.74, 6) is 2.23. The summed E-state index contributed by atoms with van der Waals surface area (Å²) in [6, 6.07) is 0. The maximum atomic E-state index is 4.71. The lowest BCUT2D eigenvalue weighted by atomic mass is 10.3. The van der Waals surface area contributed by atoms with Gasteiger partial charge in [-0.05, 0) is 71.3 Å². The van der Waals surface area contributed by atoms with Gasteiger partial charge in [-0.2, -0.15) is 11.8 Å². The summed E-state index contributed by atoms with van der Waals surface area (Å²) >= 11 is 1.92. The Hall–Kier alpha value is 0.270. The molecule has 0 saturated carbocycles. The van der Waals surface area contributed by atoms with Crippen LogP contribution in [0.3, 0.4) is 0 Å². The minimum atomic E-state index is 0. The van der Waals surface area contributed by atoms with Crippen LogP contribution in [0.25, 0.3) is 0 Å². The smallest absolute Gasteiger partial charge is 0.191 e. The molecule has 1 rings (SSSR count). The Kier molecular flexibility index (Phi) is 16.9. The van der Waals surface area contributed by atoms with Crippen LogP contribution in [0.1, 0.15) is 32.6 Å². The molecule has 1 heterocycles. The number of rotatable bonds is 10. The molecule has 0 spiro atoms. The predicted octanol–water partition coefficient (Wildman–Crippen LogP) is 2.33. The number of hydrogen-bond acceptors (Lipinski definition) is 4. The van der Waals surface area contributed by atoms with E-state index in [2.05, 4.69) is 40.7 Å². The highest BCUT2D eigenvalue weighted by Gasteiger charge is 2.11. The summed E-state index contributed by atoms with van der Waals surface area (Å²) in [4.78, 5) is 9.72. The first-order valence-electron chi connectivity index (χ1n) is 9.18. The molecule has 144 valence electrons. The maximum absolute atomic E-state index is 4.71. The van der Waals surface area contributed by atoms with Gasteiger partial charge in [0.2, 0.25) is 0 Å². The average molecular weight is 471 g/mol. The van der Waals surface area contributed by atoms with Crippen molar-refractivity contribution in [1.29, 1.82) is 0 Å². The van der Waals surface area contributed by atoms with Crippen LogP contribution in [-0.4, -0.2) is 87.2 Å². The molecule has 0 aromatic heterocycles. The molecule has 1 aliphatic rings. The van der Waals surface area contributed by atoms with Gasteiger partial charge in [0.15, 0.2) is 5.96 Å². The van der Waals surface area contributed by atoms with Gasteiger partial charge in [0.1, 0.15) is 0 Å². The van der Waals surface area contributed by atoms with Gasteiger partial charge in [0.25, 0.3) is 0 Å². The van der Waals surface area contributed by atoms with Gasteiger partial charge in [-0.25, -0.2) is 0 Å². The number of thioether (sulfide) groups is 1. The minimum absolute atomic E-state index is 0. The van der Waals surface area contributed by atoms with Crippen LogP contribution >= 0.6 is 35.7 Å². The molecular weight excluding hydrogens is 433 g/mol. The van der Waals surface area contributed by atoms with Crippen molar-refractivity contribution >= 4 is 41.7 Å². The quantitative estimate of drug-likeness (QED) is 0.222. The van der Waals surface area contributed by atoms with E-state index in [0.717, 1.165) is 32.0 Å². The molecule has 0 bridgehead atoms. The molecule has 0 aromatic rings. The first-order valence-corrected chi connectivity index (χ1v) is 10.6. The number of aliphatic imine (C=N–C) groups is 1. The van der Waals surface area contributed by atoms with E-state index in [1.54, 1.807) is 0 Å². The Labute approximate surface area is 170 Å². The number of halogens is 1. The van der Waals surface area contributed by atoms with Crippen LogP contribution < -0.4 is 10.6 Å². The van der Waals surface area contributed by atoms with Crippen LogP contribution in [0.4, 0.5) is 0 Å². The van der Waals surface area contributed by atoms with Gasteiger partial charge in [-0.1, -0.05) is 0 Å². The molecule has 1 aliphatic heterocycles. The van der Waals surface area contributed by atoms with Crippen LogP contribution in [0.15, 0.2) is 4.99 Å². The van der Waals surface area contributed by atoms with E-state index in [1.165, 1.54) is 57.7 Å². The highest BCUT2D eigenvalue weighted by molar-refractivity contribution is 14.0. The van der Waals surface area contributed by atoms with Crippen molar-refractivity contribution in [3.05, 3.63) is 0 Å². The van der Waals surface area contributed by atoms with E-state index in [4.69, 9.17) is 4.99 Å². The van der Waals surface area contributed by atoms with E-state index in [9.17, 15) is 0 Å². The van der Waals surface area contributed by atoms with Crippen LogP contribution in [0.5, 0.6) is 0 Å². The molecule has 1 fully saturated rings. The lowest BCUT2D eigenvalue weighted by molar-refractivity contribution is 0.275. The van der Waals surface area contributed by atoms with E-state index in [-0.39, 0.29) is 24.0 Å². The van der Waals surface area contributed by atoms with Crippen molar-refractivity contribution < 1.29 is 0 Å². The van der Waals surface area contributed by atoms with Crippen LogP contribution in [0, 0.1) is 0 Å². The molecule has 0 aliphatic carbocycles. The van der Waals surface area contributed by atoms with Crippen molar-refractivity contribution in [2.24, 2.45) is 4.99 Å². The fraction of sp³-hybridized carbons (Fsp3) is 0.941. The number of nitrogens with zero attached hydrogens (tertiary/aromatic N) is 3. The molecule has 0 aromatic carbocycles. The summed E-state index contributed by atoms with van der Waals surface area (Å²) in [5.41, 5.74) is 0. The van der Waals surface area contributed by atoms with E-state index >= 15 is 0 Å². The number of unbranched alkanes of at least 4 members (excludes halogenated alkanes) is 1. The fourth-order valence-corrected chi connectivity index (χ4v) is 3.22. The zero-order chi connectivity index (χ0) is 16.8. The third-order valence-electron chi connectivity index (χ3n) is 4.13. The Morgan fingerprint density at radius 3 is 2.67 bits per heavy atom. The van der Waals surface area contributed by atoms with E-state index in [1.807, 2.05) is 11.8 Å². The number of hydrogen-bond donors (Lipinski definition) is 2. The fourth-order valence-electron chi connectivity index (χ4n) is 2.73. The van der Waals surface area contributed by atoms with Crippen molar-refractivity contribution in [1.82, 2.24) is 20.4 Å². The highest BCUT2D eigenvalue weighted by atomic mass is 127. The second-order valence-corrected chi connectivity index (χ2v) is 7.22. The summed E-state index contributed by atoms with van der Waals surface area (Å²) in [7, 11) is 2.22. The Morgan fingerprint density at radius 2 is 1.92 bits per heavy atom. The van der Waals surface area contributed by atoms with Gasteiger partial charge >= 0.3 is 0 Å². The maximum Gasteiger partial charge on any atom is 0.191 e. The van der Waals surface area contributed by atoms with Gasteiger partial charge in [0, 0.05) is 32.7 Å². The standard InChI is InChI=1S/C17H37N5S.HI/c1-4-18-17(19-9-5-6-16-23-3)20-10-7-12-22-13-8-11-21(2)14-15-22;/h4-16H2,1-3H3,(H2,18,19,20);1H. The van der Waals surface area contributed by atoms with Gasteiger partial charge in [0.05, 0.1) is 0 Å². The molecular formula is C17H38IN5S. The summed E-state index contributed by atoms with van der Waals surface area (Å²) in [6.07, 6.45) is 7.09. The molecule has 0 amide bonds. The Morgan fingerprint density at radius 1 is 1.08 bits per heavy atom. The monoisotopic (exact) mass is 471 g/mol. The minimum Gasteiger partial charge on any atom is -0.357 e. The lowest BCUT2D eigenvalue weighted by Crippen LogP contribution is -2.38. The van der Waals surface area contributed by atoms with E-state index < -0.39 is 0 Å². The second kappa shape index (κ2) is 16.7. The first-order chi connectivity index (χ1) is 11.3. The zero-order valence-corrected chi connectivity index (χ0v) is 19.0. The highest BCUT2D eigenvalue weighted by Crippen LogP contribution is 2.02. The largest absolute Gasteiger partial charge is 0.357 e. The molecule has 24 heavy (non-hydrogen) atoms. The first kappa shape index (κ1) is 24.3. The zero-order valence-electron chi connectivity index (χ0n) is 15.9. The van der Waals surface area contributed by atoms with Gasteiger partial charge in [-0.15, -0.1) is 24.0 Å². The molecule has 0 unspecified atom stereocenters. The Balaban J connectivity index is 0.00000529.